The molecule has 2 aromatic heterocycles. The van der Waals surface area contributed by atoms with E-state index in [0.29, 0.717) is 49.5 Å². The Morgan fingerprint density at radius 2 is 0.694 bits per heavy atom. The molecule has 2 nitrogen and oxygen atoms in total. The minimum Gasteiger partial charge on any atom is -0.311 e. The minimum atomic E-state index is 0.139. The Kier molecular flexibility index (Phi) is 9.67. The number of nitrogens with zero attached hydrogens (tertiary/aromatic N) is 2. The van der Waals surface area contributed by atoms with Gasteiger partial charge in [0.25, 0.3) is 0 Å². The fraction of sp³-hybridized carbons (Fsp3) is 0. The van der Waals surface area contributed by atoms with Gasteiger partial charge in [0.15, 0.2) is 0 Å². The Labute approximate surface area is 376 Å². The van der Waals surface area contributed by atoms with E-state index < -0.39 is 0 Å². The van der Waals surface area contributed by atoms with Gasteiger partial charge in [0.1, 0.15) is 94.2 Å². The Bertz CT molecular complexity index is 3510. The van der Waals surface area contributed by atoms with Gasteiger partial charge >= 0.3 is 0 Å². The van der Waals surface area contributed by atoms with Crippen molar-refractivity contribution in [1.29, 1.82) is 0 Å². The number of hydrogen-bond donors (Lipinski definition) is 0. The molecule has 14 heteroatoms. The van der Waals surface area contributed by atoms with Crippen molar-refractivity contribution in [1.82, 2.24) is 9.13 Å². The van der Waals surface area contributed by atoms with Gasteiger partial charge < -0.3 is 9.13 Å². The van der Waals surface area contributed by atoms with Crippen LogP contribution in [-0.4, -0.2) is 103 Å². The zero-order valence-corrected chi connectivity index (χ0v) is 33.4. The van der Waals surface area contributed by atoms with Crippen molar-refractivity contribution in [2.24, 2.45) is 0 Å². The van der Waals surface area contributed by atoms with Gasteiger partial charge in [0.05, 0.1) is 11.0 Å². The first-order valence-corrected chi connectivity index (χ1v) is 19.7. The van der Waals surface area contributed by atoms with Gasteiger partial charge in [-0.25, -0.2) is 0 Å². The first-order chi connectivity index (χ1) is 29.8. The molecule has 2 heterocycles. The summed E-state index contributed by atoms with van der Waals surface area (Å²) in [6.45, 7) is 0. The second-order valence-corrected chi connectivity index (χ2v) is 15.5. The number of fused-ring (bicyclic) bond motifs is 6. The molecule has 0 spiro atoms. The van der Waals surface area contributed by atoms with Crippen LogP contribution >= 0.6 is 0 Å². The summed E-state index contributed by atoms with van der Waals surface area (Å²) in [4.78, 5) is 0. The predicted octanol–water partition coefficient (Wildman–Crippen LogP) is -1.59. The van der Waals surface area contributed by atoms with E-state index in [0.717, 1.165) is 44.3 Å². The van der Waals surface area contributed by atoms with Crippen molar-refractivity contribution in [2.45, 2.75) is 0 Å². The fourth-order valence-electron chi connectivity index (χ4n) is 9.07. The van der Waals surface area contributed by atoms with Crippen LogP contribution in [-0.2, 0) is 0 Å². The quantitative estimate of drug-likeness (QED) is 0.188. The first-order valence-electron chi connectivity index (χ1n) is 19.7. The molecule has 258 valence electrons. The highest BCUT2D eigenvalue weighted by Crippen LogP contribution is 2.37. The molecular formula is C48H20B12N2. The van der Waals surface area contributed by atoms with E-state index in [1.54, 1.807) is 0 Å². The Balaban J connectivity index is 1.28. The van der Waals surface area contributed by atoms with E-state index in [1.807, 2.05) is 126 Å². The van der Waals surface area contributed by atoms with E-state index in [-0.39, 0.29) is 60.1 Å². The molecular weight excluding hydrogens is 734 g/mol. The van der Waals surface area contributed by atoms with Crippen molar-refractivity contribution in [3.63, 3.8) is 0 Å². The normalized spacial score (nSPS) is 11.7. The number of rotatable bonds is 5. The second kappa shape index (κ2) is 14.9. The van der Waals surface area contributed by atoms with Crippen molar-refractivity contribution in [3.8, 4) is 44.8 Å². The monoisotopic (exact) mass is 756 g/mol. The molecule has 24 radical (unpaired) electrons. The third kappa shape index (κ3) is 5.82. The second-order valence-electron chi connectivity index (χ2n) is 15.5. The average molecular weight is 754 g/mol. The SMILES string of the molecule is [B]c1c([B])c([B])c(-c2ccc3c(c2)c2cc(-c4c([B])c([B])c5c(c4[B])c4c([B])c([B])c([B])c([B])c4n5-c4cccc(-c5ccccc5)c4)ccc2n3-c2ccccc2)c([B])c1[B]. The molecule has 0 aliphatic carbocycles. The third-order valence-electron chi connectivity index (χ3n) is 12.2. The van der Waals surface area contributed by atoms with Gasteiger partial charge in [-0.05, 0) is 87.3 Å². The first kappa shape index (κ1) is 40.2. The lowest BCUT2D eigenvalue weighted by molar-refractivity contribution is 1.18. The molecule has 62 heavy (non-hydrogen) atoms. The topological polar surface area (TPSA) is 9.86 Å². The summed E-state index contributed by atoms with van der Waals surface area (Å²) >= 11 is 0. The van der Waals surface area contributed by atoms with Gasteiger partial charge in [0.2, 0.25) is 0 Å². The maximum absolute atomic E-state index is 7.35. The molecule has 0 N–H and O–H groups in total. The fourth-order valence-corrected chi connectivity index (χ4v) is 9.07. The molecule has 0 unspecified atom stereocenters. The predicted molar refractivity (Wildman–Crippen MR) is 276 cm³/mol. The molecule has 0 amide bonds. The molecule has 0 saturated heterocycles. The number of aromatic nitrogens is 2. The third-order valence-corrected chi connectivity index (χ3v) is 12.2. The maximum atomic E-state index is 7.35. The van der Waals surface area contributed by atoms with Crippen LogP contribution in [0.15, 0.2) is 121 Å². The lowest BCUT2D eigenvalue weighted by atomic mass is 9.59. The van der Waals surface area contributed by atoms with Crippen LogP contribution in [0.1, 0.15) is 0 Å². The highest BCUT2D eigenvalue weighted by atomic mass is 15.0. The molecule has 0 aliphatic heterocycles. The van der Waals surface area contributed by atoms with Crippen molar-refractivity contribution in [2.75, 3.05) is 0 Å². The van der Waals surface area contributed by atoms with E-state index in [9.17, 15) is 0 Å². The van der Waals surface area contributed by atoms with E-state index >= 15 is 0 Å². The lowest BCUT2D eigenvalue weighted by Gasteiger charge is -2.21. The molecule has 10 aromatic rings. The van der Waals surface area contributed by atoms with E-state index in [2.05, 4.69) is 4.57 Å². The van der Waals surface area contributed by atoms with Crippen LogP contribution in [0.5, 0.6) is 0 Å². The zero-order chi connectivity index (χ0) is 43.5. The van der Waals surface area contributed by atoms with Crippen LogP contribution in [0, 0.1) is 0 Å². The summed E-state index contributed by atoms with van der Waals surface area (Å²) in [6.07, 6.45) is 0. The smallest absolute Gasteiger partial charge is 0.115 e. The molecule has 0 saturated carbocycles. The van der Waals surface area contributed by atoms with Gasteiger partial charge in [-0.1, -0.05) is 111 Å². The van der Waals surface area contributed by atoms with Gasteiger partial charge in [-0.15, -0.1) is 27.3 Å². The van der Waals surface area contributed by atoms with Gasteiger partial charge in [-0.2, -0.15) is 0 Å². The zero-order valence-electron chi connectivity index (χ0n) is 33.4. The molecule has 10 rings (SSSR count). The summed E-state index contributed by atoms with van der Waals surface area (Å²) in [5.41, 5.74) is 11.4. The average Bonchev–Trinajstić information content (AvgIpc) is 3.83. The van der Waals surface area contributed by atoms with Crippen LogP contribution in [0.25, 0.3) is 88.4 Å². The van der Waals surface area contributed by atoms with Gasteiger partial charge in [-0.3, -0.25) is 0 Å². The van der Waals surface area contributed by atoms with E-state index in [1.165, 1.54) is 0 Å². The highest BCUT2D eigenvalue weighted by molar-refractivity contribution is 6.70. The van der Waals surface area contributed by atoms with Gasteiger partial charge in [0, 0.05) is 38.6 Å². The minimum absolute atomic E-state index is 0.139. The van der Waals surface area contributed by atoms with Crippen LogP contribution < -0.4 is 65.6 Å². The van der Waals surface area contributed by atoms with Crippen LogP contribution in [0.4, 0.5) is 0 Å². The van der Waals surface area contributed by atoms with Crippen molar-refractivity contribution >= 4 is 203 Å². The van der Waals surface area contributed by atoms with Crippen molar-refractivity contribution < 1.29 is 0 Å². The highest BCUT2D eigenvalue weighted by Gasteiger charge is 2.25. The summed E-state index contributed by atoms with van der Waals surface area (Å²) in [7, 11) is 80.4. The number of benzene rings is 8. The number of hydrogen-bond acceptors (Lipinski definition) is 0. The Morgan fingerprint density at radius 3 is 1.27 bits per heavy atom. The van der Waals surface area contributed by atoms with Crippen LogP contribution in [0.2, 0.25) is 0 Å². The standard InChI is InChI=1S/C48H20B12N2/c49-35-31(38(52)45(59)47-33(35)34-39(53)42(56)44(58)46(60)48(34)62(47)26-13-7-10-22(18-26)21-8-3-1-4-9-21)23-14-16-29-27(19-23)28-20-24(32-36(50)40(54)43(57)41(55)37(32)51)15-17-30(28)61(29)25-11-5-2-6-12-25/h1-20H. The summed E-state index contributed by atoms with van der Waals surface area (Å²) in [6, 6.07) is 40.0. The Morgan fingerprint density at radius 1 is 0.274 bits per heavy atom. The van der Waals surface area contributed by atoms with Crippen LogP contribution in [0.3, 0.4) is 0 Å². The Hall–Kier alpha value is -5.86. The summed E-state index contributed by atoms with van der Waals surface area (Å²) in [5, 5.41) is 2.78. The molecule has 0 atom stereocenters. The molecule has 0 fully saturated rings. The molecule has 0 bridgehead atoms. The summed E-state index contributed by atoms with van der Waals surface area (Å²) < 4.78 is 4.09. The number of para-hydroxylation sites is 1. The molecule has 8 aromatic carbocycles. The van der Waals surface area contributed by atoms with E-state index in [4.69, 9.17) is 94.2 Å². The maximum Gasteiger partial charge on any atom is 0.115 e. The largest absolute Gasteiger partial charge is 0.311 e. The van der Waals surface area contributed by atoms with Crippen molar-refractivity contribution in [3.05, 3.63) is 121 Å². The lowest BCUT2D eigenvalue weighted by Crippen LogP contribution is -2.55. The molecule has 0 aliphatic rings. The summed E-state index contributed by atoms with van der Waals surface area (Å²) in [5.74, 6) is 0.